The number of carbonyl (C=O) groups is 1. The number of carbonyl (C=O) groups excluding carboxylic acids is 1. The van der Waals surface area contributed by atoms with Crippen molar-refractivity contribution in [1.82, 2.24) is 19.6 Å². The molecule has 2 aliphatic heterocycles. The molecule has 3 fully saturated rings. The Morgan fingerprint density at radius 2 is 1.79 bits per heavy atom. The van der Waals surface area contributed by atoms with Gasteiger partial charge in [0.1, 0.15) is 5.69 Å². The van der Waals surface area contributed by atoms with Crippen LogP contribution in [0.3, 0.4) is 0 Å². The van der Waals surface area contributed by atoms with Crippen molar-refractivity contribution in [2.75, 3.05) is 45.9 Å². The number of aliphatic hydroxyl groups excluding tert-OH is 1. The van der Waals surface area contributed by atoms with Gasteiger partial charge in [-0.15, -0.1) is 0 Å². The Morgan fingerprint density at radius 3 is 2.48 bits per heavy atom. The fourth-order valence-corrected chi connectivity index (χ4v) is 5.10. The zero-order chi connectivity index (χ0) is 22.7. The lowest BCUT2D eigenvalue weighted by Gasteiger charge is -2.47. The first-order valence-corrected chi connectivity index (χ1v) is 12.5. The zero-order valence-electron chi connectivity index (χ0n) is 19.5. The number of piperidine rings is 1. The molecule has 3 heterocycles. The van der Waals surface area contributed by atoms with E-state index < -0.39 is 0 Å². The van der Waals surface area contributed by atoms with Crippen molar-refractivity contribution < 1.29 is 14.6 Å². The monoisotopic (exact) mass is 452 g/mol. The Bertz CT molecular complexity index is 929. The largest absolute Gasteiger partial charge is 0.396 e. The lowest BCUT2D eigenvalue weighted by molar-refractivity contribution is -0.127. The fraction of sp³-hybridized carbons (Fsp3) is 0.615. The van der Waals surface area contributed by atoms with Gasteiger partial charge in [-0.3, -0.25) is 9.48 Å². The average Bonchev–Trinajstić information content (AvgIpc) is 3.54. The predicted molar refractivity (Wildman–Crippen MR) is 126 cm³/mol. The van der Waals surface area contributed by atoms with Gasteiger partial charge in [0.2, 0.25) is 0 Å². The number of nitrogens with zero attached hydrogens (tertiary/aromatic N) is 4. The van der Waals surface area contributed by atoms with Crippen LogP contribution in [0.2, 0.25) is 0 Å². The highest BCUT2D eigenvalue weighted by molar-refractivity contribution is 5.92. The van der Waals surface area contributed by atoms with Crippen LogP contribution < -0.4 is 0 Å². The van der Waals surface area contributed by atoms with Crippen LogP contribution in [0.5, 0.6) is 0 Å². The Hall–Kier alpha value is -2.22. The lowest BCUT2D eigenvalue weighted by atomic mass is 9.89. The summed E-state index contributed by atoms with van der Waals surface area (Å²) in [5.41, 5.74) is 2.87. The molecule has 0 atom stereocenters. The molecule has 0 unspecified atom stereocenters. The topological polar surface area (TPSA) is 70.8 Å². The summed E-state index contributed by atoms with van der Waals surface area (Å²) in [5.74, 6) is 0.787. The van der Waals surface area contributed by atoms with Crippen molar-refractivity contribution in [2.24, 2.45) is 5.92 Å². The maximum absolute atomic E-state index is 13.1. The Morgan fingerprint density at radius 1 is 1.06 bits per heavy atom. The summed E-state index contributed by atoms with van der Waals surface area (Å²) in [6.45, 7) is 6.09. The number of ether oxygens (including phenoxy) is 1. The number of benzene rings is 1. The minimum atomic E-state index is -0.215. The van der Waals surface area contributed by atoms with Gasteiger partial charge < -0.3 is 19.6 Å². The number of hydrogen-bond donors (Lipinski definition) is 1. The van der Waals surface area contributed by atoms with Gasteiger partial charge in [0.15, 0.2) is 0 Å². The first-order chi connectivity index (χ1) is 16.1. The van der Waals surface area contributed by atoms with E-state index >= 15 is 0 Å². The molecule has 7 nitrogen and oxygen atoms in total. The molecule has 178 valence electrons. The maximum atomic E-state index is 13.1. The van der Waals surface area contributed by atoms with Crippen molar-refractivity contribution in [3.05, 3.63) is 53.3 Å². The van der Waals surface area contributed by atoms with Crippen LogP contribution in [-0.2, 0) is 24.1 Å². The van der Waals surface area contributed by atoms with Gasteiger partial charge in [0.05, 0.1) is 18.8 Å². The molecule has 33 heavy (non-hydrogen) atoms. The van der Waals surface area contributed by atoms with E-state index in [-0.39, 0.29) is 18.1 Å². The van der Waals surface area contributed by atoms with Crippen LogP contribution in [0.25, 0.3) is 0 Å². The molecule has 1 spiro atoms. The zero-order valence-corrected chi connectivity index (χ0v) is 19.5. The second-order valence-corrected chi connectivity index (χ2v) is 10.0. The van der Waals surface area contributed by atoms with Gasteiger partial charge >= 0.3 is 0 Å². The third-order valence-corrected chi connectivity index (χ3v) is 7.45. The second-order valence-electron chi connectivity index (χ2n) is 10.0. The number of morpholine rings is 1. The average molecular weight is 453 g/mol. The third-order valence-electron chi connectivity index (χ3n) is 7.45. The molecule has 3 aliphatic rings. The number of rotatable bonds is 8. The summed E-state index contributed by atoms with van der Waals surface area (Å²) in [6.07, 6.45) is 8.18. The Balaban J connectivity index is 1.11. The fourth-order valence-electron chi connectivity index (χ4n) is 5.10. The minimum absolute atomic E-state index is 0.0410. The van der Waals surface area contributed by atoms with Gasteiger partial charge in [-0.25, -0.2) is 0 Å². The molecule has 1 N–H and O–H groups in total. The molecular weight excluding hydrogens is 416 g/mol. The number of amides is 1. The van der Waals surface area contributed by atoms with Crippen molar-refractivity contribution in [1.29, 1.82) is 0 Å². The number of hydrogen-bond acceptors (Lipinski definition) is 5. The number of likely N-dealkylation sites (tertiary alicyclic amines) is 1. The van der Waals surface area contributed by atoms with E-state index in [1.54, 1.807) is 0 Å². The van der Waals surface area contributed by atoms with E-state index in [2.05, 4.69) is 34.3 Å². The third kappa shape index (κ3) is 5.65. The highest BCUT2D eigenvalue weighted by Crippen LogP contribution is 2.32. The van der Waals surface area contributed by atoms with Gasteiger partial charge in [0.25, 0.3) is 5.91 Å². The van der Waals surface area contributed by atoms with Crippen molar-refractivity contribution in [3.8, 4) is 0 Å². The Labute approximate surface area is 196 Å². The molecule has 1 amide bonds. The standard InChI is InChI=1S/C26H36N4O3/c31-17-9-22-3-1-21(2-4-22)7-12-28-14-10-26(11-15-28)20-29(16-18-33-26)25(32)24-8-13-30(27-24)19-23-5-6-23/h1-4,8,13,23,31H,5-7,9-12,14-20H2. The quantitative estimate of drug-likeness (QED) is 0.666. The smallest absolute Gasteiger partial charge is 0.274 e. The van der Waals surface area contributed by atoms with Gasteiger partial charge in [-0.05, 0) is 61.6 Å². The normalized spacial score (nSPS) is 20.9. The highest BCUT2D eigenvalue weighted by atomic mass is 16.5. The minimum Gasteiger partial charge on any atom is -0.396 e. The van der Waals surface area contributed by atoms with Crippen molar-refractivity contribution >= 4 is 5.91 Å². The van der Waals surface area contributed by atoms with Crippen LogP contribution in [0.1, 0.15) is 47.3 Å². The summed E-state index contributed by atoms with van der Waals surface area (Å²) >= 11 is 0. The summed E-state index contributed by atoms with van der Waals surface area (Å²) in [6, 6.07) is 10.5. The van der Waals surface area contributed by atoms with E-state index in [1.165, 1.54) is 24.0 Å². The van der Waals surface area contributed by atoms with E-state index in [9.17, 15) is 4.79 Å². The summed E-state index contributed by atoms with van der Waals surface area (Å²) in [5, 5.41) is 13.6. The van der Waals surface area contributed by atoms with Crippen LogP contribution in [0, 0.1) is 5.92 Å². The first-order valence-electron chi connectivity index (χ1n) is 12.5. The van der Waals surface area contributed by atoms with Crippen LogP contribution >= 0.6 is 0 Å². The lowest BCUT2D eigenvalue weighted by Crippen LogP contribution is -2.58. The van der Waals surface area contributed by atoms with Gasteiger partial charge in [0, 0.05) is 45.5 Å². The van der Waals surface area contributed by atoms with Crippen molar-refractivity contribution in [2.45, 2.75) is 50.7 Å². The molecule has 7 heteroatoms. The number of aliphatic hydroxyl groups is 1. The van der Waals surface area contributed by atoms with E-state index in [0.29, 0.717) is 25.4 Å². The maximum Gasteiger partial charge on any atom is 0.274 e. The van der Waals surface area contributed by atoms with Gasteiger partial charge in [-0.2, -0.15) is 5.10 Å². The molecule has 2 aromatic rings. The SMILES string of the molecule is O=C(c1ccn(CC2CC2)n1)N1CCOC2(CCN(CCc3ccc(CCO)cc3)CC2)C1. The van der Waals surface area contributed by atoms with Gasteiger partial charge in [-0.1, -0.05) is 24.3 Å². The molecule has 0 radical (unpaired) electrons. The van der Waals surface area contributed by atoms with Crippen LogP contribution in [-0.4, -0.2) is 82.1 Å². The molecule has 0 bridgehead atoms. The molecule has 1 saturated carbocycles. The summed E-state index contributed by atoms with van der Waals surface area (Å²) < 4.78 is 8.20. The van der Waals surface area contributed by atoms with Crippen LogP contribution in [0.4, 0.5) is 0 Å². The van der Waals surface area contributed by atoms with E-state index in [0.717, 1.165) is 57.8 Å². The molecule has 1 aromatic carbocycles. The number of aromatic nitrogens is 2. The van der Waals surface area contributed by atoms with Crippen molar-refractivity contribution in [3.63, 3.8) is 0 Å². The Kier molecular flexibility index (Phi) is 6.81. The summed E-state index contributed by atoms with van der Waals surface area (Å²) in [4.78, 5) is 17.6. The van der Waals surface area contributed by atoms with Crippen LogP contribution in [0.15, 0.2) is 36.5 Å². The molecule has 1 aliphatic carbocycles. The molecule has 5 rings (SSSR count). The molecule has 2 saturated heterocycles. The predicted octanol–water partition coefficient (Wildman–Crippen LogP) is 2.38. The van der Waals surface area contributed by atoms with E-state index in [1.807, 2.05) is 21.8 Å². The first kappa shape index (κ1) is 22.6. The van der Waals surface area contributed by atoms with E-state index in [4.69, 9.17) is 9.84 Å². The summed E-state index contributed by atoms with van der Waals surface area (Å²) in [7, 11) is 0. The highest BCUT2D eigenvalue weighted by Gasteiger charge is 2.41. The second kappa shape index (κ2) is 9.95. The molecular formula is C26H36N4O3. The molecule has 1 aromatic heterocycles.